The van der Waals surface area contributed by atoms with Crippen LogP contribution in [0.2, 0.25) is 0 Å². The lowest BCUT2D eigenvalue weighted by Gasteiger charge is -2.48. The van der Waals surface area contributed by atoms with Crippen molar-refractivity contribution in [1.29, 1.82) is 0 Å². The average molecular weight is 369 g/mol. The highest BCUT2D eigenvalue weighted by Gasteiger charge is 2.52. The van der Waals surface area contributed by atoms with Gasteiger partial charge in [0.05, 0.1) is 12.3 Å². The molecule has 0 radical (unpaired) electrons. The quantitative estimate of drug-likeness (QED) is 0.549. The van der Waals surface area contributed by atoms with Crippen LogP contribution in [0.15, 0.2) is 0 Å². The lowest BCUT2D eigenvalue weighted by atomic mass is 9.90. The van der Waals surface area contributed by atoms with Crippen molar-refractivity contribution in [3.05, 3.63) is 0 Å². The number of rotatable bonds is 5. The van der Waals surface area contributed by atoms with Gasteiger partial charge in [-0.1, -0.05) is 0 Å². The minimum atomic E-state index is -1.21. The molecule has 9 nitrogen and oxygen atoms in total. The second-order valence-electron chi connectivity index (χ2n) is 7.73. The minimum Gasteiger partial charge on any atom is -0.465 e. The van der Waals surface area contributed by atoms with Gasteiger partial charge in [-0.3, -0.25) is 14.6 Å². The van der Waals surface area contributed by atoms with Crippen molar-refractivity contribution in [1.82, 2.24) is 14.7 Å². The van der Waals surface area contributed by atoms with E-state index in [1.54, 1.807) is 11.8 Å². The van der Waals surface area contributed by atoms with Crippen LogP contribution < -0.4 is 0 Å². The molecule has 0 aromatic carbocycles. The van der Waals surface area contributed by atoms with Gasteiger partial charge in [0, 0.05) is 32.6 Å². The molecule has 1 spiro atoms. The third-order valence-corrected chi connectivity index (χ3v) is 6.23. The Labute approximate surface area is 152 Å². The summed E-state index contributed by atoms with van der Waals surface area (Å²) < 4.78 is 0. The molecule has 146 valence electrons. The maximum Gasteiger partial charge on any atom is 0.408 e. The first-order chi connectivity index (χ1) is 12.3. The van der Waals surface area contributed by atoms with Crippen LogP contribution in [0, 0.1) is 5.41 Å². The molecule has 0 aromatic rings. The van der Waals surface area contributed by atoms with Crippen molar-refractivity contribution < 1.29 is 29.7 Å². The van der Waals surface area contributed by atoms with E-state index < -0.39 is 30.5 Å². The molecule has 0 unspecified atom stereocenters. The van der Waals surface area contributed by atoms with Gasteiger partial charge >= 0.3 is 6.09 Å². The van der Waals surface area contributed by atoms with Crippen LogP contribution in [-0.4, -0.2) is 98.9 Å². The molecule has 2 heterocycles. The molecule has 2 saturated heterocycles. The number of β-amino-alcohol motifs (C(OH)–C–C–N with tert-alkyl or cyclic N) is 1. The Hall–Kier alpha value is -1.71. The third-order valence-electron chi connectivity index (χ3n) is 6.23. The Kier molecular flexibility index (Phi) is 5.23. The van der Waals surface area contributed by atoms with E-state index in [1.165, 1.54) is 0 Å². The summed E-state index contributed by atoms with van der Waals surface area (Å²) in [7, 11) is 0. The Balaban J connectivity index is 1.76. The van der Waals surface area contributed by atoms with E-state index in [1.807, 2.05) is 4.90 Å². The zero-order valence-electron chi connectivity index (χ0n) is 15.0. The topological polar surface area (TPSA) is 122 Å². The van der Waals surface area contributed by atoms with Crippen molar-refractivity contribution >= 4 is 18.3 Å². The number of nitrogens with zero attached hydrogens (tertiary/aromatic N) is 3. The molecule has 9 heteroatoms. The smallest absolute Gasteiger partial charge is 0.408 e. The first-order valence-corrected chi connectivity index (χ1v) is 9.14. The van der Waals surface area contributed by atoms with Gasteiger partial charge in [0.25, 0.3) is 0 Å². The summed E-state index contributed by atoms with van der Waals surface area (Å²) in [5.74, 6) is -0.344. The molecule has 26 heavy (non-hydrogen) atoms. The van der Waals surface area contributed by atoms with Crippen LogP contribution in [0.1, 0.15) is 32.6 Å². The molecule has 1 aliphatic carbocycles. The van der Waals surface area contributed by atoms with E-state index >= 15 is 0 Å². The van der Waals surface area contributed by atoms with Gasteiger partial charge in [0.15, 0.2) is 0 Å². The predicted molar refractivity (Wildman–Crippen MR) is 90.2 cm³/mol. The lowest BCUT2D eigenvalue weighted by molar-refractivity contribution is -0.153. The van der Waals surface area contributed by atoms with Gasteiger partial charge < -0.3 is 25.0 Å². The Bertz CT molecular complexity index is 581. The van der Waals surface area contributed by atoms with Crippen LogP contribution in [0.3, 0.4) is 0 Å². The monoisotopic (exact) mass is 369 g/mol. The lowest BCUT2D eigenvalue weighted by Crippen LogP contribution is -2.65. The van der Waals surface area contributed by atoms with Crippen molar-refractivity contribution in [2.24, 2.45) is 5.41 Å². The van der Waals surface area contributed by atoms with Crippen LogP contribution >= 0.6 is 0 Å². The van der Waals surface area contributed by atoms with E-state index in [2.05, 4.69) is 0 Å². The maximum absolute atomic E-state index is 12.8. The number of piperazine rings is 1. The predicted octanol–water partition coefficient (Wildman–Crippen LogP) is -0.680. The molecule has 3 aliphatic rings. The number of hydrogen-bond acceptors (Lipinski definition) is 6. The van der Waals surface area contributed by atoms with Crippen molar-refractivity contribution in [2.45, 2.75) is 57.0 Å². The number of aliphatic hydroxyl groups excluding tert-OH is 2. The molecule has 3 fully saturated rings. The minimum absolute atomic E-state index is 0.00360. The second kappa shape index (κ2) is 7.13. The Morgan fingerprint density at radius 2 is 2.00 bits per heavy atom. The highest BCUT2D eigenvalue weighted by atomic mass is 16.4. The highest BCUT2D eigenvalue weighted by Crippen LogP contribution is 2.54. The number of hydrogen-bond donors (Lipinski definition) is 3. The third kappa shape index (κ3) is 3.43. The number of carbonyl (C=O) groups excluding carboxylic acids is 2. The first-order valence-electron chi connectivity index (χ1n) is 9.14. The summed E-state index contributed by atoms with van der Waals surface area (Å²) >= 11 is 0. The van der Waals surface area contributed by atoms with Gasteiger partial charge in [-0.25, -0.2) is 4.79 Å². The summed E-state index contributed by atoms with van der Waals surface area (Å²) in [5, 5.41) is 29.5. The number of carboxylic acid groups (broad SMARTS) is 1. The Morgan fingerprint density at radius 3 is 2.54 bits per heavy atom. The molecule has 3 rings (SSSR count). The van der Waals surface area contributed by atoms with Gasteiger partial charge in [-0.15, -0.1) is 0 Å². The molecular weight excluding hydrogens is 342 g/mol. The first kappa shape index (κ1) is 19.1. The van der Waals surface area contributed by atoms with Crippen molar-refractivity contribution in [2.75, 3.05) is 26.2 Å². The molecule has 4 atom stereocenters. The van der Waals surface area contributed by atoms with E-state index in [-0.39, 0.29) is 30.8 Å². The van der Waals surface area contributed by atoms with Gasteiger partial charge in [-0.05, 0) is 31.6 Å². The largest absolute Gasteiger partial charge is 0.465 e. The second-order valence-corrected chi connectivity index (χ2v) is 7.73. The molecule has 2 aliphatic heterocycles. The molecule has 0 bridgehead atoms. The van der Waals surface area contributed by atoms with Crippen LogP contribution in [-0.2, 0) is 9.59 Å². The average Bonchev–Trinajstić information content (AvgIpc) is 3.38. The highest BCUT2D eigenvalue weighted by molar-refractivity contribution is 5.86. The number of likely N-dealkylation sites (tertiary alicyclic amines) is 1. The van der Waals surface area contributed by atoms with Gasteiger partial charge in [0.2, 0.25) is 5.91 Å². The fourth-order valence-electron chi connectivity index (χ4n) is 4.25. The normalized spacial score (nSPS) is 31.0. The standard InChI is InChI=1S/C17H27N3O6/c1-11-15(24)20(7-6-19(11)16(25)26)14(8-12(22)10-21)18-5-4-17(2-3-17)13(23)9-18/h10-14,22-23H,2-9H2,1H3,(H,25,26)/t11-,12+,13+,14-/m0/s1. The zero-order chi connectivity index (χ0) is 19.1. The molecular formula is C17H27N3O6. The number of aliphatic hydroxyl groups is 2. The van der Waals surface area contributed by atoms with E-state index in [0.29, 0.717) is 19.4 Å². The number of carbonyl (C=O) groups is 3. The summed E-state index contributed by atoms with van der Waals surface area (Å²) in [6.45, 7) is 2.98. The zero-order valence-corrected chi connectivity index (χ0v) is 15.0. The number of amides is 2. The van der Waals surface area contributed by atoms with E-state index in [4.69, 9.17) is 0 Å². The summed E-state index contributed by atoms with van der Waals surface area (Å²) in [6, 6.07) is -0.818. The summed E-state index contributed by atoms with van der Waals surface area (Å²) in [6.07, 6.45) is -0.0409. The molecule has 0 aromatic heterocycles. The fraction of sp³-hybridized carbons (Fsp3) is 0.824. The van der Waals surface area contributed by atoms with Crippen molar-refractivity contribution in [3.8, 4) is 0 Å². The van der Waals surface area contributed by atoms with E-state index in [0.717, 1.165) is 24.2 Å². The van der Waals surface area contributed by atoms with Crippen LogP contribution in [0.25, 0.3) is 0 Å². The van der Waals surface area contributed by atoms with Crippen LogP contribution in [0.4, 0.5) is 4.79 Å². The van der Waals surface area contributed by atoms with Gasteiger partial charge in [-0.2, -0.15) is 0 Å². The molecule has 3 N–H and O–H groups in total. The summed E-state index contributed by atoms with van der Waals surface area (Å²) in [5.41, 5.74) is 0.00360. The van der Waals surface area contributed by atoms with E-state index in [9.17, 15) is 29.7 Å². The number of piperidine rings is 1. The van der Waals surface area contributed by atoms with Crippen LogP contribution in [0.5, 0.6) is 0 Å². The van der Waals surface area contributed by atoms with Gasteiger partial charge in [0.1, 0.15) is 18.4 Å². The fourth-order valence-corrected chi connectivity index (χ4v) is 4.25. The maximum atomic E-state index is 12.8. The number of aldehydes is 1. The SMILES string of the molecule is C[C@H]1C(=O)N([C@@H](C[C@@H](O)C=O)N2CCC3(CC3)[C@H](O)C2)CCN1C(=O)O. The van der Waals surface area contributed by atoms with Crippen molar-refractivity contribution in [3.63, 3.8) is 0 Å². The molecule has 2 amide bonds. The summed E-state index contributed by atoms with van der Waals surface area (Å²) in [4.78, 5) is 39.6. The Morgan fingerprint density at radius 1 is 1.31 bits per heavy atom. The molecule has 1 saturated carbocycles.